The highest BCUT2D eigenvalue weighted by Crippen LogP contribution is 2.31. The Kier molecular flexibility index (Phi) is 16.9. The number of nitrogens with two attached hydrogens (primary N) is 1. The lowest BCUT2D eigenvalue weighted by molar-refractivity contribution is -0.195. The van der Waals surface area contributed by atoms with Gasteiger partial charge in [-0.05, 0) is 50.8 Å². The van der Waals surface area contributed by atoms with Gasteiger partial charge in [-0.3, -0.25) is 38.5 Å². The number of benzene rings is 1. The molecule has 0 spiro atoms. The van der Waals surface area contributed by atoms with Crippen molar-refractivity contribution in [2.75, 3.05) is 31.6 Å². The number of hydrogen-bond acceptors (Lipinski definition) is 14. The number of aliphatic hydroxyl groups excluding tert-OH is 2. The Hall–Kier alpha value is -5.38. The molecule has 306 valence electrons. The number of unbranched alkanes of at least 4 members (excludes halogenated alkanes) is 1. The molecule has 1 aromatic carbocycles. The van der Waals surface area contributed by atoms with Crippen LogP contribution in [0.15, 0.2) is 30.4 Å². The molecule has 9 N–H and O–H groups in total. The molecular weight excluding hydrogens is 739 g/mol. The van der Waals surface area contributed by atoms with Gasteiger partial charge in [0.05, 0.1) is 23.8 Å². The number of carboxylic acid groups (broad SMARTS) is 1. The third-order valence-electron chi connectivity index (χ3n) is 8.74. The van der Waals surface area contributed by atoms with Gasteiger partial charge >= 0.3 is 5.97 Å². The zero-order chi connectivity index (χ0) is 41.6. The number of nitrogens with one attached hydrogen (secondary N) is 4. The van der Waals surface area contributed by atoms with Crippen LogP contribution in [0.2, 0.25) is 0 Å². The highest BCUT2D eigenvalue weighted by Gasteiger charge is 2.37. The van der Waals surface area contributed by atoms with E-state index in [0.29, 0.717) is 23.3 Å². The second-order valence-corrected chi connectivity index (χ2v) is 13.8. The van der Waals surface area contributed by atoms with Crippen molar-refractivity contribution in [3.05, 3.63) is 35.9 Å². The van der Waals surface area contributed by atoms with Crippen LogP contribution in [0.25, 0.3) is 0 Å². The lowest BCUT2D eigenvalue weighted by atomic mass is 9.94. The number of amides is 6. The lowest BCUT2D eigenvalue weighted by Gasteiger charge is -2.31. The fraction of sp³-hybridized carbons (Fsp3) is 0.543. The number of aliphatic carboxylic acids is 1. The Bertz CT molecular complexity index is 1650. The molecule has 0 saturated carbocycles. The molecule has 6 amide bonds. The van der Waals surface area contributed by atoms with Gasteiger partial charge in [0.1, 0.15) is 24.4 Å². The fourth-order valence-corrected chi connectivity index (χ4v) is 5.50. The first kappa shape index (κ1) is 45.0. The second kappa shape index (κ2) is 21.1. The van der Waals surface area contributed by atoms with Gasteiger partial charge in [-0.25, -0.2) is 4.79 Å². The Balaban J connectivity index is 1.67. The van der Waals surface area contributed by atoms with Crippen LogP contribution in [-0.4, -0.2) is 132 Å². The van der Waals surface area contributed by atoms with Crippen molar-refractivity contribution in [2.24, 2.45) is 11.1 Å². The summed E-state index contributed by atoms with van der Waals surface area (Å²) >= 11 is 0. The minimum atomic E-state index is -1.41. The molecule has 5 unspecified atom stereocenters. The van der Waals surface area contributed by atoms with Crippen LogP contribution >= 0.6 is 0 Å². The van der Waals surface area contributed by atoms with E-state index in [1.807, 2.05) is 0 Å². The summed E-state index contributed by atoms with van der Waals surface area (Å²) in [6.07, 6.45) is -1.28. The molecule has 2 aliphatic heterocycles. The van der Waals surface area contributed by atoms with E-state index in [1.54, 1.807) is 19.9 Å². The summed E-state index contributed by atoms with van der Waals surface area (Å²) in [5.41, 5.74) is 5.29. The van der Waals surface area contributed by atoms with Crippen LogP contribution in [0, 0.1) is 5.41 Å². The number of carbonyl (C=O) groups excluding carboxylic acids is 7. The first-order valence-corrected chi connectivity index (χ1v) is 18.0. The van der Waals surface area contributed by atoms with E-state index in [0.717, 1.165) is 12.2 Å². The molecule has 5 atom stereocenters. The van der Waals surface area contributed by atoms with E-state index in [4.69, 9.17) is 19.9 Å². The largest absolute Gasteiger partial charge is 0.479 e. The summed E-state index contributed by atoms with van der Waals surface area (Å²) < 4.78 is 16.3. The van der Waals surface area contributed by atoms with E-state index < -0.39 is 83.9 Å². The van der Waals surface area contributed by atoms with Gasteiger partial charge in [-0.15, -0.1) is 0 Å². The number of nitrogens with zero attached hydrogens (tertiary/aromatic N) is 1. The number of aliphatic hydroxyl groups is 2. The van der Waals surface area contributed by atoms with Crippen molar-refractivity contribution in [1.29, 1.82) is 0 Å². The number of imide groups is 1. The lowest BCUT2D eigenvalue weighted by Crippen LogP contribution is -2.57. The molecule has 1 saturated heterocycles. The third kappa shape index (κ3) is 13.4. The summed E-state index contributed by atoms with van der Waals surface area (Å²) in [5.74, 6) is -5.81. The average molecular weight is 789 g/mol. The zero-order valence-electron chi connectivity index (χ0n) is 31.4. The van der Waals surface area contributed by atoms with Crippen LogP contribution in [0.5, 0.6) is 5.75 Å². The summed E-state index contributed by atoms with van der Waals surface area (Å²) in [5, 5.41) is 39.4. The van der Waals surface area contributed by atoms with Crippen molar-refractivity contribution in [1.82, 2.24) is 20.9 Å². The monoisotopic (exact) mass is 788 g/mol. The molecule has 0 radical (unpaired) electrons. The number of carboxylic acids is 1. The van der Waals surface area contributed by atoms with Gasteiger partial charge in [-0.1, -0.05) is 6.07 Å². The molecule has 0 aromatic heterocycles. The number of hydrogen-bond donors (Lipinski definition) is 8. The Morgan fingerprint density at radius 3 is 2.36 bits per heavy atom. The van der Waals surface area contributed by atoms with Crippen LogP contribution in [-0.2, 0) is 49.6 Å². The fourth-order valence-electron chi connectivity index (χ4n) is 5.50. The first-order chi connectivity index (χ1) is 26.4. The van der Waals surface area contributed by atoms with Crippen molar-refractivity contribution in [2.45, 2.75) is 89.6 Å². The molecular formula is C35H49BN6O14. The van der Waals surface area contributed by atoms with Gasteiger partial charge < -0.3 is 56.5 Å². The molecule has 1 fully saturated rings. The summed E-state index contributed by atoms with van der Waals surface area (Å²) in [6, 6.07) is 1.83. The zero-order valence-corrected chi connectivity index (χ0v) is 31.4. The van der Waals surface area contributed by atoms with Crippen molar-refractivity contribution in [3.8, 4) is 5.75 Å². The molecule has 1 aromatic rings. The normalized spacial score (nSPS) is 19.1. The Labute approximate surface area is 323 Å². The van der Waals surface area contributed by atoms with Crippen LogP contribution in [0.4, 0.5) is 10.5 Å². The van der Waals surface area contributed by atoms with E-state index in [1.165, 1.54) is 20.0 Å². The molecule has 0 aliphatic carbocycles. The standard InChI is InChI=1S/C35H49BN6O14/c1-35(2,18-43)33(52)39-11-4-3-5-21(41-31(49)23(16-37)42-27(46)8-9-28(42)47)30(48)38-12-10-26(45)40-22-13-19(17-54-34(36)53)6-7-24(22)55-29-15-20(44)14-25(56-29)32(50)51/h6-9,13,20-21,23,25,29,43-44H,3-5,10-12,14-18,36-37H2,1-2H3,(H,38,48)(H,39,52)(H,40,45)(H,41,49)(H,50,51). The van der Waals surface area contributed by atoms with E-state index in [9.17, 15) is 53.7 Å². The predicted molar refractivity (Wildman–Crippen MR) is 197 cm³/mol. The number of carbonyl (C=O) groups is 8. The van der Waals surface area contributed by atoms with Crippen molar-refractivity contribution >= 4 is 60.8 Å². The molecule has 21 heteroatoms. The maximum Gasteiger partial charge on any atom is 0.333 e. The molecule has 2 heterocycles. The number of anilines is 1. The molecule has 0 bridgehead atoms. The molecule has 2 aliphatic rings. The van der Waals surface area contributed by atoms with Gasteiger partial charge in [-0.2, -0.15) is 0 Å². The Morgan fingerprint density at radius 1 is 1.04 bits per heavy atom. The highest BCUT2D eigenvalue weighted by molar-refractivity contribution is 6.55. The maximum atomic E-state index is 13.4. The van der Waals surface area contributed by atoms with Crippen LogP contribution in [0.1, 0.15) is 57.9 Å². The highest BCUT2D eigenvalue weighted by atomic mass is 16.7. The predicted octanol–water partition coefficient (Wildman–Crippen LogP) is -2.23. The maximum absolute atomic E-state index is 13.4. The van der Waals surface area contributed by atoms with Gasteiger partial charge in [0.2, 0.25) is 43.6 Å². The number of ether oxygens (including phenoxy) is 3. The van der Waals surface area contributed by atoms with Crippen molar-refractivity contribution in [3.63, 3.8) is 0 Å². The van der Waals surface area contributed by atoms with E-state index >= 15 is 0 Å². The summed E-state index contributed by atoms with van der Waals surface area (Å²) in [7, 11) is 1.22. The minimum Gasteiger partial charge on any atom is -0.479 e. The second-order valence-electron chi connectivity index (χ2n) is 13.8. The third-order valence-corrected chi connectivity index (χ3v) is 8.74. The topological polar surface area (TPSA) is 302 Å². The average Bonchev–Trinajstić information content (AvgIpc) is 3.47. The Morgan fingerprint density at radius 2 is 1.73 bits per heavy atom. The smallest absolute Gasteiger partial charge is 0.333 e. The molecule has 20 nitrogen and oxygen atoms in total. The SMILES string of the molecule is BC(=O)OCc1ccc(OC2CC(O)CC(C(=O)O)O2)c(NC(=O)CCNC(=O)C(CCCCNC(=O)C(C)(C)CO)NC(=O)C(CN)N2C(=O)C=CC2=O)c1. The first-order valence-electron chi connectivity index (χ1n) is 18.0. The van der Waals surface area contributed by atoms with Gasteiger partial charge in [0.15, 0.2) is 6.10 Å². The molecule has 3 rings (SSSR count). The summed E-state index contributed by atoms with van der Waals surface area (Å²) in [4.78, 5) is 100. The number of rotatable bonds is 21. The molecule has 56 heavy (non-hydrogen) atoms. The van der Waals surface area contributed by atoms with Crippen LogP contribution < -0.4 is 31.7 Å². The van der Waals surface area contributed by atoms with Crippen molar-refractivity contribution < 1.29 is 67.9 Å². The van der Waals surface area contributed by atoms with Gasteiger partial charge in [0.25, 0.3) is 11.8 Å². The van der Waals surface area contributed by atoms with E-state index in [2.05, 4.69) is 21.3 Å². The summed E-state index contributed by atoms with van der Waals surface area (Å²) in [6.45, 7) is 2.20. The van der Waals surface area contributed by atoms with Crippen LogP contribution in [0.3, 0.4) is 0 Å². The van der Waals surface area contributed by atoms with E-state index in [-0.39, 0.29) is 69.3 Å². The quantitative estimate of drug-likeness (QED) is 0.0372. The minimum absolute atomic E-state index is 0.0516. The van der Waals surface area contributed by atoms with Gasteiger partial charge in [0, 0.05) is 51.0 Å².